The van der Waals surface area contributed by atoms with E-state index in [4.69, 9.17) is 9.47 Å². The number of ether oxygens (including phenoxy) is 2. The van der Waals surface area contributed by atoms with Crippen molar-refractivity contribution in [3.05, 3.63) is 34.4 Å². The van der Waals surface area contributed by atoms with Crippen LogP contribution in [0.5, 0.6) is 5.75 Å². The third kappa shape index (κ3) is 3.97. The van der Waals surface area contributed by atoms with Gasteiger partial charge < -0.3 is 19.9 Å². The monoisotopic (exact) mass is 347 g/mol. The minimum absolute atomic E-state index is 0.0740. The normalized spacial score (nSPS) is 14.3. The Morgan fingerprint density at radius 3 is 3.12 bits per heavy atom. The molecule has 2 heterocycles. The Labute approximate surface area is 144 Å². The quantitative estimate of drug-likeness (QED) is 0.722. The van der Waals surface area contributed by atoms with Crippen molar-refractivity contribution in [2.24, 2.45) is 0 Å². The van der Waals surface area contributed by atoms with E-state index in [0.29, 0.717) is 23.2 Å². The summed E-state index contributed by atoms with van der Waals surface area (Å²) in [5.41, 5.74) is 0.563. The van der Waals surface area contributed by atoms with Crippen LogP contribution in [0.2, 0.25) is 0 Å². The highest BCUT2D eigenvalue weighted by molar-refractivity contribution is 5.80. The summed E-state index contributed by atoms with van der Waals surface area (Å²) in [6, 6.07) is 5.03. The highest BCUT2D eigenvalue weighted by Crippen LogP contribution is 2.19. The van der Waals surface area contributed by atoms with Crippen molar-refractivity contribution < 1.29 is 19.4 Å². The van der Waals surface area contributed by atoms with Crippen LogP contribution in [0.3, 0.4) is 0 Å². The lowest BCUT2D eigenvalue weighted by molar-refractivity contribution is -0.123. The van der Waals surface area contributed by atoms with Gasteiger partial charge in [0, 0.05) is 26.6 Å². The van der Waals surface area contributed by atoms with Crippen molar-refractivity contribution >= 4 is 16.8 Å². The first kappa shape index (κ1) is 17.4. The molecule has 1 aromatic carbocycles. The molecule has 1 aromatic heterocycles. The van der Waals surface area contributed by atoms with Crippen molar-refractivity contribution in [3.8, 4) is 5.75 Å². The largest absolute Gasteiger partial charge is 0.484 e. The minimum atomic E-state index is -0.761. The average Bonchev–Trinajstić information content (AvgIpc) is 3.07. The molecule has 1 aliphatic rings. The van der Waals surface area contributed by atoms with Gasteiger partial charge in [-0.25, -0.2) is 4.98 Å². The van der Waals surface area contributed by atoms with Gasteiger partial charge in [-0.1, -0.05) is 0 Å². The molecular formula is C17H21N3O5. The number of aromatic nitrogens is 2. The van der Waals surface area contributed by atoms with Crippen LogP contribution in [-0.4, -0.2) is 53.5 Å². The molecule has 0 bridgehead atoms. The molecule has 0 fully saturated rings. The van der Waals surface area contributed by atoms with Crippen molar-refractivity contribution in [2.75, 3.05) is 26.9 Å². The first-order valence-electron chi connectivity index (χ1n) is 8.18. The number of methoxy groups -OCH3 is 1. The SMILES string of the molecule is COC[C@@H](O)CNC(=O)COc1ccc2nc3n(c(=O)c2c1)CCC3. The summed E-state index contributed by atoms with van der Waals surface area (Å²) in [5.74, 6) is 0.886. The Kier molecular flexibility index (Phi) is 5.30. The number of carbonyl (C=O) groups is 1. The summed E-state index contributed by atoms with van der Waals surface area (Å²) in [7, 11) is 1.47. The lowest BCUT2D eigenvalue weighted by atomic mass is 10.2. The van der Waals surface area contributed by atoms with Crippen LogP contribution in [-0.2, 0) is 22.5 Å². The molecule has 1 amide bonds. The third-order valence-electron chi connectivity index (χ3n) is 4.05. The summed E-state index contributed by atoms with van der Waals surface area (Å²) < 4.78 is 11.9. The summed E-state index contributed by atoms with van der Waals surface area (Å²) in [6.45, 7) is 0.720. The molecule has 0 radical (unpaired) electrons. The Morgan fingerprint density at radius 2 is 2.32 bits per heavy atom. The van der Waals surface area contributed by atoms with Crippen molar-refractivity contribution in [2.45, 2.75) is 25.5 Å². The van der Waals surface area contributed by atoms with Gasteiger partial charge in [-0.15, -0.1) is 0 Å². The molecule has 8 nitrogen and oxygen atoms in total. The van der Waals surface area contributed by atoms with Crippen LogP contribution in [0, 0.1) is 0 Å². The summed E-state index contributed by atoms with van der Waals surface area (Å²) >= 11 is 0. The van der Waals surface area contributed by atoms with Crippen LogP contribution in [0.4, 0.5) is 0 Å². The molecule has 0 unspecified atom stereocenters. The summed E-state index contributed by atoms with van der Waals surface area (Å²) in [5, 5.41) is 12.5. The molecule has 2 N–H and O–H groups in total. The lowest BCUT2D eigenvalue weighted by Crippen LogP contribution is -2.37. The van der Waals surface area contributed by atoms with Gasteiger partial charge >= 0.3 is 0 Å². The zero-order chi connectivity index (χ0) is 17.8. The van der Waals surface area contributed by atoms with E-state index in [9.17, 15) is 14.7 Å². The van der Waals surface area contributed by atoms with Gasteiger partial charge in [-0.05, 0) is 24.6 Å². The smallest absolute Gasteiger partial charge is 0.261 e. The molecule has 0 saturated heterocycles. The fourth-order valence-electron chi connectivity index (χ4n) is 2.84. The van der Waals surface area contributed by atoms with Gasteiger partial charge in [0.1, 0.15) is 11.6 Å². The Bertz CT molecular complexity index is 833. The number of aliphatic hydroxyl groups is 1. The van der Waals surface area contributed by atoms with Gasteiger partial charge in [-0.3, -0.25) is 14.2 Å². The van der Waals surface area contributed by atoms with Crippen LogP contribution < -0.4 is 15.6 Å². The molecule has 25 heavy (non-hydrogen) atoms. The van der Waals surface area contributed by atoms with E-state index in [1.54, 1.807) is 22.8 Å². The van der Waals surface area contributed by atoms with Crippen LogP contribution >= 0.6 is 0 Å². The maximum absolute atomic E-state index is 12.5. The number of hydrogen-bond acceptors (Lipinski definition) is 6. The second kappa shape index (κ2) is 7.62. The van der Waals surface area contributed by atoms with Gasteiger partial charge in [-0.2, -0.15) is 0 Å². The van der Waals surface area contributed by atoms with Gasteiger partial charge in [0.15, 0.2) is 6.61 Å². The number of fused-ring (bicyclic) bond motifs is 2. The first-order valence-corrected chi connectivity index (χ1v) is 8.18. The number of aryl methyl sites for hydroxylation is 1. The number of amides is 1. The van der Waals surface area contributed by atoms with Crippen molar-refractivity contribution in [1.82, 2.24) is 14.9 Å². The number of carbonyl (C=O) groups excluding carboxylic acids is 1. The molecule has 0 saturated carbocycles. The average molecular weight is 347 g/mol. The van der Waals surface area contributed by atoms with Gasteiger partial charge in [0.05, 0.1) is 23.6 Å². The van der Waals surface area contributed by atoms with E-state index in [1.165, 1.54) is 7.11 Å². The van der Waals surface area contributed by atoms with Crippen LogP contribution in [0.1, 0.15) is 12.2 Å². The molecule has 2 aromatic rings. The molecule has 1 atom stereocenters. The predicted octanol–water partition coefficient (Wildman–Crippen LogP) is -0.155. The number of hydrogen-bond donors (Lipinski definition) is 2. The maximum atomic E-state index is 12.5. The second-order valence-corrected chi connectivity index (χ2v) is 5.97. The van der Waals surface area contributed by atoms with E-state index in [2.05, 4.69) is 10.3 Å². The highest BCUT2D eigenvalue weighted by atomic mass is 16.5. The second-order valence-electron chi connectivity index (χ2n) is 5.97. The highest BCUT2D eigenvalue weighted by Gasteiger charge is 2.16. The van der Waals surface area contributed by atoms with Crippen molar-refractivity contribution in [3.63, 3.8) is 0 Å². The summed E-state index contributed by atoms with van der Waals surface area (Å²) in [6.07, 6.45) is 0.984. The molecule has 0 aliphatic carbocycles. The number of benzene rings is 1. The first-order chi connectivity index (χ1) is 12.1. The summed E-state index contributed by atoms with van der Waals surface area (Å²) in [4.78, 5) is 28.7. The van der Waals surface area contributed by atoms with Gasteiger partial charge in [0.2, 0.25) is 0 Å². The van der Waals surface area contributed by atoms with E-state index in [1.807, 2.05) is 0 Å². The minimum Gasteiger partial charge on any atom is -0.484 e. The molecule has 134 valence electrons. The zero-order valence-electron chi connectivity index (χ0n) is 14.0. The molecule has 0 spiro atoms. The Hall–Kier alpha value is -2.45. The van der Waals surface area contributed by atoms with Gasteiger partial charge in [0.25, 0.3) is 11.5 Å². The van der Waals surface area contributed by atoms with Crippen LogP contribution in [0.15, 0.2) is 23.0 Å². The molecular weight excluding hydrogens is 326 g/mol. The molecule has 1 aliphatic heterocycles. The maximum Gasteiger partial charge on any atom is 0.261 e. The number of aliphatic hydroxyl groups excluding tert-OH is 1. The Balaban J connectivity index is 1.64. The topological polar surface area (TPSA) is 103 Å². The van der Waals surface area contributed by atoms with E-state index in [-0.39, 0.29) is 31.2 Å². The predicted molar refractivity (Wildman–Crippen MR) is 90.7 cm³/mol. The molecule has 3 rings (SSSR count). The lowest BCUT2D eigenvalue weighted by Gasteiger charge is -2.12. The molecule has 8 heteroatoms. The fraction of sp³-hybridized carbons (Fsp3) is 0.471. The van der Waals surface area contributed by atoms with E-state index in [0.717, 1.165) is 18.7 Å². The van der Waals surface area contributed by atoms with E-state index < -0.39 is 6.10 Å². The Morgan fingerprint density at radius 1 is 1.48 bits per heavy atom. The fourth-order valence-corrected chi connectivity index (χ4v) is 2.84. The number of rotatable bonds is 7. The van der Waals surface area contributed by atoms with Crippen LogP contribution in [0.25, 0.3) is 10.9 Å². The van der Waals surface area contributed by atoms with Crippen molar-refractivity contribution in [1.29, 1.82) is 0 Å². The third-order valence-corrected chi connectivity index (χ3v) is 4.05. The number of nitrogens with one attached hydrogen (secondary N) is 1. The number of nitrogens with zero attached hydrogens (tertiary/aromatic N) is 2. The zero-order valence-corrected chi connectivity index (χ0v) is 14.0. The van der Waals surface area contributed by atoms with E-state index >= 15 is 0 Å². The standard InChI is InChI=1S/C17H21N3O5/c1-24-9-11(21)8-18-16(22)10-25-12-4-5-14-13(7-12)17(23)20-6-2-3-15(20)19-14/h4-5,7,11,21H,2-3,6,8-10H2,1H3,(H,18,22)/t11-/m0/s1.